The minimum Gasteiger partial charge on any atom is -0.452 e. The molecular formula is C26H28N2O5. The van der Waals surface area contributed by atoms with Gasteiger partial charge >= 0.3 is 5.97 Å². The minimum absolute atomic E-state index is 0.134. The molecule has 0 aromatic heterocycles. The standard InChI is InChI=1S/C26H28N2O5/c1-3-27(19-10-5-4-6-11-19)23(29)16-33-26(32)18-13-14-20-21(15-18)25(31)28(24(20)30)22-12-8-7-9-17(22)2/h7-9,12-15,19H,3-6,10-11,16H2,1-2H3. The molecule has 2 aromatic carbocycles. The average Bonchev–Trinajstić information content (AvgIpc) is 3.08. The highest BCUT2D eigenvalue weighted by atomic mass is 16.5. The van der Waals surface area contributed by atoms with Crippen molar-refractivity contribution >= 4 is 29.4 Å². The molecule has 7 heteroatoms. The van der Waals surface area contributed by atoms with E-state index in [1.165, 1.54) is 24.6 Å². The van der Waals surface area contributed by atoms with Gasteiger partial charge in [0.2, 0.25) is 0 Å². The molecule has 0 saturated heterocycles. The van der Waals surface area contributed by atoms with Crippen LogP contribution in [0.3, 0.4) is 0 Å². The van der Waals surface area contributed by atoms with Crippen LogP contribution in [0, 0.1) is 6.92 Å². The second kappa shape index (κ2) is 9.57. The molecule has 0 bridgehead atoms. The van der Waals surface area contributed by atoms with Crippen LogP contribution in [-0.2, 0) is 9.53 Å². The molecular weight excluding hydrogens is 420 g/mol. The first-order valence-electron chi connectivity index (χ1n) is 11.5. The smallest absolute Gasteiger partial charge is 0.338 e. The van der Waals surface area contributed by atoms with Crippen molar-refractivity contribution in [3.05, 3.63) is 64.7 Å². The second-order valence-electron chi connectivity index (χ2n) is 8.54. The number of aryl methyl sites for hydroxylation is 1. The van der Waals surface area contributed by atoms with Crippen LogP contribution < -0.4 is 4.90 Å². The molecule has 1 aliphatic heterocycles. The van der Waals surface area contributed by atoms with E-state index in [1.54, 1.807) is 17.0 Å². The summed E-state index contributed by atoms with van der Waals surface area (Å²) in [4.78, 5) is 54.1. The number of hydrogen-bond acceptors (Lipinski definition) is 5. The number of imide groups is 1. The molecule has 2 aromatic rings. The maximum Gasteiger partial charge on any atom is 0.338 e. The fourth-order valence-corrected chi connectivity index (χ4v) is 4.73. The van der Waals surface area contributed by atoms with Gasteiger partial charge in [-0.05, 0) is 56.5 Å². The third-order valence-corrected chi connectivity index (χ3v) is 6.48. The molecule has 4 rings (SSSR count). The fourth-order valence-electron chi connectivity index (χ4n) is 4.73. The van der Waals surface area contributed by atoms with Gasteiger partial charge in [-0.1, -0.05) is 37.5 Å². The number of carbonyl (C=O) groups is 4. The van der Waals surface area contributed by atoms with E-state index in [-0.39, 0.29) is 35.2 Å². The predicted molar refractivity (Wildman–Crippen MR) is 123 cm³/mol. The second-order valence-corrected chi connectivity index (χ2v) is 8.54. The molecule has 0 spiro atoms. The topological polar surface area (TPSA) is 84.0 Å². The van der Waals surface area contributed by atoms with Crippen LogP contribution in [-0.4, -0.2) is 47.8 Å². The monoisotopic (exact) mass is 448 g/mol. The maximum atomic E-state index is 13.0. The van der Waals surface area contributed by atoms with Crippen LogP contribution in [0.4, 0.5) is 5.69 Å². The maximum absolute atomic E-state index is 13.0. The Kier molecular flexibility index (Phi) is 6.58. The SMILES string of the molecule is CCN(C(=O)COC(=O)c1ccc2c(c1)C(=O)N(c1ccccc1C)C2=O)C1CCCCC1. The molecule has 172 valence electrons. The molecule has 2 aliphatic rings. The lowest BCUT2D eigenvalue weighted by Crippen LogP contribution is -2.43. The Morgan fingerprint density at radius 2 is 1.70 bits per heavy atom. The number of amides is 3. The highest BCUT2D eigenvalue weighted by Crippen LogP contribution is 2.31. The Bertz CT molecular complexity index is 1100. The van der Waals surface area contributed by atoms with E-state index < -0.39 is 17.8 Å². The molecule has 1 aliphatic carbocycles. The van der Waals surface area contributed by atoms with Crippen LogP contribution >= 0.6 is 0 Å². The summed E-state index contributed by atoms with van der Waals surface area (Å²) in [7, 11) is 0. The van der Waals surface area contributed by atoms with Crippen molar-refractivity contribution in [2.45, 2.75) is 52.0 Å². The zero-order valence-corrected chi connectivity index (χ0v) is 19.0. The number of anilines is 1. The van der Waals surface area contributed by atoms with E-state index in [1.807, 2.05) is 26.0 Å². The van der Waals surface area contributed by atoms with Crippen molar-refractivity contribution in [3.63, 3.8) is 0 Å². The van der Waals surface area contributed by atoms with Gasteiger partial charge in [0.05, 0.1) is 22.4 Å². The zero-order valence-electron chi connectivity index (χ0n) is 19.0. The van der Waals surface area contributed by atoms with Crippen LogP contribution in [0.1, 0.15) is 75.7 Å². The van der Waals surface area contributed by atoms with Crippen LogP contribution in [0.2, 0.25) is 0 Å². The van der Waals surface area contributed by atoms with Crippen LogP contribution in [0.25, 0.3) is 0 Å². The summed E-state index contributed by atoms with van der Waals surface area (Å²) in [6.45, 7) is 3.98. The first kappa shape index (κ1) is 22.7. The average molecular weight is 449 g/mol. The summed E-state index contributed by atoms with van der Waals surface area (Å²) in [6, 6.07) is 11.6. The van der Waals surface area contributed by atoms with Gasteiger partial charge in [0.15, 0.2) is 6.61 Å². The largest absolute Gasteiger partial charge is 0.452 e. The van der Waals surface area contributed by atoms with Gasteiger partial charge in [-0.15, -0.1) is 0 Å². The van der Waals surface area contributed by atoms with E-state index in [4.69, 9.17) is 4.74 Å². The number of rotatable bonds is 6. The van der Waals surface area contributed by atoms with E-state index >= 15 is 0 Å². The van der Waals surface area contributed by atoms with E-state index in [0.29, 0.717) is 12.2 Å². The number of fused-ring (bicyclic) bond motifs is 1. The molecule has 0 unspecified atom stereocenters. The molecule has 1 saturated carbocycles. The van der Waals surface area contributed by atoms with Crippen LogP contribution in [0.15, 0.2) is 42.5 Å². The van der Waals surface area contributed by atoms with Crippen molar-refractivity contribution in [2.75, 3.05) is 18.1 Å². The molecule has 1 heterocycles. The Labute approximate surface area is 193 Å². The van der Waals surface area contributed by atoms with Gasteiger partial charge in [-0.3, -0.25) is 14.4 Å². The van der Waals surface area contributed by atoms with E-state index in [0.717, 1.165) is 36.1 Å². The zero-order chi connectivity index (χ0) is 23.5. The lowest BCUT2D eigenvalue weighted by Gasteiger charge is -2.33. The van der Waals surface area contributed by atoms with Crippen LogP contribution in [0.5, 0.6) is 0 Å². The predicted octanol–water partition coefficient (Wildman–Crippen LogP) is 4.13. The molecule has 0 N–H and O–H groups in total. The normalized spacial score (nSPS) is 16.0. The molecule has 1 fully saturated rings. The number of likely N-dealkylation sites (N-methyl/N-ethyl adjacent to an activating group) is 1. The number of nitrogens with zero attached hydrogens (tertiary/aromatic N) is 2. The van der Waals surface area contributed by atoms with Crippen molar-refractivity contribution in [2.24, 2.45) is 0 Å². The van der Waals surface area contributed by atoms with E-state index in [2.05, 4.69) is 0 Å². The first-order valence-corrected chi connectivity index (χ1v) is 11.5. The number of para-hydroxylation sites is 1. The van der Waals surface area contributed by atoms with Crippen molar-refractivity contribution in [3.8, 4) is 0 Å². The lowest BCUT2D eigenvalue weighted by atomic mass is 9.94. The Hall–Kier alpha value is -3.48. The van der Waals surface area contributed by atoms with Gasteiger partial charge in [-0.25, -0.2) is 9.69 Å². The quantitative estimate of drug-likeness (QED) is 0.490. The molecule has 3 amide bonds. The summed E-state index contributed by atoms with van der Waals surface area (Å²) < 4.78 is 5.28. The molecule has 0 radical (unpaired) electrons. The van der Waals surface area contributed by atoms with Crippen molar-refractivity contribution in [1.29, 1.82) is 0 Å². The van der Waals surface area contributed by atoms with Gasteiger partial charge in [0, 0.05) is 12.6 Å². The van der Waals surface area contributed by atoms with Crippen molar-refractivity contribution in [1.82, 2.24) is 4.90 Å². The molecule has 33 heavy (non-hydrogen) atoms. The number of esters is 1. The lowest BCUT2D eigenvalue weighted by molar-refractivity contribution is -0.137. The number of ether oxygens (including phenoxy) is 1. The first-order chi connectivity index (χ1) is 15.9. The van der Waals surface area contributed by atoms with Gasteiger partial charge in [0.1, 0.15) is 0 Å². The number of benzene rings is 2. The summed E-state index contributed by atoms with van der Waals surface area (Å²) in [5.74, 6) is -1.81. The highest BCUT2D eigenvalue weighted by molar-refractivity contribution is 6.34. The summed E-state index contributed by atoms with van der Waals surface area (Å²) in [5.41, 5.74) is 1.84. The summed E-state index contributed by atoms with van der Waals surface area (Å²) in [5, 5.41) is 0. The minimum atomic E-state index is -0.694. The summed E-state index contributed by atoms with van der Waals surface area (Å²) >= 11 is 0. The van der Waals surface area contributed by atoms with Gasteiger partial charge in [-0.2, -0.15) is 0 Å². The third kappa shape index (κ3) is 4.40. The number of hydrogen-bond donors (Lipinski definition) is 0. The fraction of sp³-hybridized carbons (Fsp3) is 0.385. The van der Waals surface area contributed by atoms with E-state index in [9.17, 15) is 19.2 Å². The number of carbonyl (C=O) groups excluding carboxylic acids is 4. The van der Waals surface area contributed by atoms with Crippen molar-refractivity contribution < 1.29 is 23.9 Å². The third-order valence-electron chi connectivity index (χ3n) is 6.48. The Morgan fingerprint density at radius 3 is 2.39 bits per heavy atom. The van der Waals surface area contributed by atoms with Gasteiger partial charge in [0.25, 0.3) is 17.7 Å². The molecule has 0 atom stereocenters. The Balaban J connectivity index is 1.46. The highest BCUT2D eigenvalue weighted by Gasteiger charge is 2.38. The summed E-state index contributed by atoms with van der Waals surface area (Å²) in [6.07, 6.45) is 5.36. The Morgan fingerprint density at radius 1 is 1.00 bits per heavy atom. The van der Waals surface area contributed by atoms with Gasteiger partial charge < -0.3 is 9.64 Å². The molecule has 7 nitrogen and oxygen atoms in total.